The van der Waals surface area contributed by atoms with Gasteiger partial charge in [0.1, 0.15) is 23.6 Å². The molecular formula is C35H49N5O7S2. The van der Waals surface area contributed by atoms with Crippen LogP contribution in [0.3, 0.4) is 0 Å². The molecular weight excluding hydrogens is 667 g/mol. The number of thiazole rings is 1. The highest BCUT2D eigenvalue weighted by Crippen LogP contribution is 2.36. The second kappa shape index (κ2) is 20.1. The van der Waals surface area contributed by atoms with E-state index in [2.05, 4.69) is 49.5 Å². The van der Waals surface area contributed by atoms with Crippen LogP contribution in [-0.2, 0) is 24.4 Å². The van der Waals surface area contributed by atoms with Crippen LogP contribution < -0.4 is 24.8 Å². The van der Waals surface area contributed by atoms with Gasteiger partial charge >= 0.3 is 0 Å². The Bertz CT molecular complexity index is 1520. The van der Waals surface area contributed by atoms with E-state index < -0.39 is 22.1 Å². The van der Waals surface area contributed by atoms with Gasteiger partial charge in [-0.3, -0.25) is 19.1 Å². The highest BCUT2D eigenvalue weighted by Gasteiger charge is 2.42. The normalized spacial score (nSPS) is 16.8. The van der Waals surface area contributed by atoms with Crippen LogP contribution in [0.15, 0.2) is 36.7 Å². The molecule has 1 aliphatic heterocycles. The average Bonchev–Trinajstić information content (AvgIpc) is 4.03. The number of carbonyl (C=O) groups excluding carboxylic acids is 3. The monoisotopic (exact) mass is 715 g/mol. The number of sulfonamides is 1. The van der Waals surface area contributed by atoms with E-state index in [0.717, 1.165) is 30.5 Å². The fraction of sp³-hybridized carbons (Fsp3) is 0.486. The first-order chi connectivity index (χ1) is 23.4. The number of ether oxygens (including phenoxy) is 2. The SMILES string of the molecule is C#C.C#C.C=C.COc1ccc(-c2csc(N[C@H](C(=O)N3CCC[C@H]3C(=O)NC3CC3)C(C)(C)C)n2)c(OC)c1.O=CNS(=O)(=O)C1CC1. The lowest BCUT2D eigenvalue weighted by Gasteiger charge is -2.35. The number of nitrogens with one attached hydrogen (secondary N) is 3. The Morgan fingerprint density at radius 3 is 2.20 bits per heavy atom. The molecule has 1 aromatic heterocycles. The number of benzene rings is 1. The zero-order valence-corrected chi connectivity index (χ0v) is 30.6. The molecule has 2 heterocycles. The van der Waals surface area contributed by atoms with Gasteiger partial charge in [-0.25, -0.2) is 13.4 Å². The molecule has 14 heteroatoms. The van der Waals surface area contributed by atoms with Crippen LogP contribution in [0.5, 0.6) is 11.5 Å². The fourth-order valence-electron chi connectivity index (χ4n) is 4.78. The van der Waals surface area contributed by atoms with Crippen molar-refractivity contribution in [1.82, 2.24) is 19.9 Å². The Kier molecular flexibility index (Phi) is 17.4. The molecule has 2 atom stereocenters. The molecule has 5 rings (SSSR count). The molecule has 1 aromatic carbocycles. The summed E-state index contributed by atoms with van der Waals surface area (Å²) in [6.07, 6.45) is 21.2. The summed E-state index contributed by atoms with van der Waals surface area (Å²) in [6.45, 7) is 12.7. The quantitative estimate of drug-likeness (QED) is 0.174. The molecule has 2 saturated carbocycles. The Balaban J connectivity index is 0.000000675. The fourth-order valence-corrected chi connectivity index (χ4v) is 6.60. The number of rotatable bonds is 11. The maximum absolute atomic E-state index is 13.7. The number of anilines is 1. The van der Waals surface area contributed by atoms with E-state index in [1.807, 2.05) is 44.4 Å². The summed E-state index contributed by atoms with van der Waals surface area (Å²) in [4.78, 5) is 42.6. The molecule has 2 aliphatic carbocycles. The van der Waals surface area contributed by atoms with Crippen LogP contribution in [-0.4, -0.2) is 80.7 Å². The number of methoxy groups -OCH3 is 2. The van der Waals surface area contributed by atoms with Crippen molar-refractivity contribution >= 4 is 44.7 Å². The van der Waals surface area contributed by atoms with Crippen LogP contribution in [0.2, 0.25) is 0 Å². The number of terminal acetylenes is 2. The van der Waals surface area contributed by atoms with Gasteiger partial charge in [0.2, 0.25) is 28.2 Å². The summed E-state index contributed by atoms with van der Waals surface area (Å²) >= 11 is 1.44. The molecule has 3 fully saturated rings. The lowest BCUT2D eigenvalue weighted by atomic mass is 9.85. The summed E-state index contributed by atoms with van der Waals surface area (Å²) < 4.78 is 33.9. The maximum Gasteiger partial charge on any atom is 0.246 e. The molecule has 268 valence electrons. The van der Waals surface area contributed by atoms with Gasteiger partial charge in [0, 0.05) is 29.6 Å². The summed E-state index contributed by atoms with van der Waals surface area (Å²) in [6, 6.07) is 4.98. The first-order valence-electron chi connectivity index (χ1n) is 15.5. The van der Waals surface area contributed by atoms with Crippen molar-refractivity contribution in [1.29, 1.82) is 0 Å². The predicted molar refractivity (Wildman–Crippen MR) is 196 cm³/mol. The molecule has 3 amide bonds. The minimum atomic E-state index is -3.26. The zero-order valence-electron chi connectivity index (χ0n) is 28.9. The minimum Gasteiger partial charge on any atom is -0.497 e. The Morgan fingerprint density at radius 1 is 1.06 bits per heavy atom. The van der Waals surface area contributed by atoms with E-state index in [1.165, 1.54) is 11.3 Å². The average molecular weight is 716 g/mol. The number of amides is 3. The Morgan fingerprint density at radius 2 is 1.69 bits per heavy atom. The van der Waals surface area contributed by atoms with Crippen molar-refractivity contribution in [2.75, 3.05) is 26.1 Å². The van der Waals surface area contributed by atoms with Gasteiger partial charge in [-0.15, -0.1) is 50.2 Å². The van der Waals surface area contributed by atoms with Crippen LogP contribution in [0.4, 0.5) is 5.13 Å². The van der Waals surface area contributed by atoms with Gasteiger partial charge in [-0.2, -0.15) is 0 Å². The van der Waals surface area contributed by atoms with Gasteiger partial charge in [0.05, 0.1) is 25.2 Å². The molecule has 0 bridgehead atoms. The molecule has 12 nitrogen and oxygen atoms in total. The van der Waals surface area contributed by atoms with E-state index in [9.17, 15) is 22.8 Å². The minimum absolute atomic E-state index is 0.0239. The van der Waals surface area contributed by atoms with E-state index in [0.29, 0.717) is 42.4 Å². The van der Waals surface area contributed by atoms with Crippen LogP contribution in [0, 0.1) is 31.1 Å². The van der Waals surface area contributed by atoms with Gasteiger partial charge < -0.3 is 25.0 Å². The second-order valence-corrected chi connectivity index (χ2v) is 14.9. The first-order valence-corrected chi connectivity index (χ1v) is 18.0. The van der Waals surface area contributed by atoms with Gasteiger partial charge in [-0.05, 0) is 56.1 Å². The third kappa shape index (κ3) is 12.5. The number of carbonyl (C=O) groups is 3. The number of aromatic nitrogens is 1. The van der Waals surface area contributed by atoms with Gasteiger partial charge in [0.25, 0.3) is 0 Å². The van der Waals surface area contributed by atoms with Crippen LogP contribution in [0.1, 0.15) is 59.3 Å². The number of hydrogen-bond acceptors (Lipinski definition) is 10. The van der Waals surface area contributed by atoms with Crippen molar-refractivity contribution in [3.8, 4) is 48.4 Å². The largest absolute Gasteiger partial charge is 0.497 e. The standard InChI is InChI=1S/C25H34N4O4S.C4H7NO3S.C2H4.2C2H2/c1-25(2,3)21(23(31)29-12-6-7-19(29)22(30)26-15-8-9-15)28-24-27-18(14-34-24)17-11-10-16(32-4)13-20(17)33-5;6-3-5-9(7,8)4-1-2-4;3*1-2/h10-11,13-15,19,21H,6-9,12H2,1-5H3,(H,26,30)(H,27,28);3-4H,1-2H2,(H,5,6);1-2H2;2*1-2H/t19-,21+;;;;/m0..../s1. The predicted octanol–water partition coefficient (Wildman–Crippen LogP) is 4.45. The molecule has 3 N–H and O–H groups in total. The third-order valence-corrected chi connectivity index (χ3v) is 10.1. The smallest absolute Gasteiger partial charge is 0.246 e. The molecule has 2 aromatic rings. The molecule has 3 aliphatic rings. The summed E-state index contributed by atoms with van der Waals surface area (Å²) in [5.41, 5.74) is 1.23. The summed E-state index contributed by atoms with van der Waals surface area (Å²) in [7, 11) is -0.0256. The van der Waals surface area contributed by atoms with Gasteiger partial charge in [0.15, 0.2) is 5.13 Å². The lowest BCUT2D eigenvalue weighted by Crippen LogP contribution is -2.54. The van der Waals surface area contributed by atoms with Crippen molar-refractivity contribution in [3.63, 3.8) is 0 Å². The first kappa shape index (κ1) is 42.5. The van der Waals surface area contributed by atoms with E-state index in [1.54, 1.807) is 23.8 Å². The topological polar surface area (TPSA) is 156 Å². The molecule has 0 unspecified atom stereocenters. The molecule has 0 radical (unpaired) electrons. The summed E-state index contributed by atoms with van der Waals surface area (Å²) in [5.74, 6) is 1.29. The zero-order chi connectivity index (χ0) is 37.4. The molecule has 49 heavy (non-hydrogen) atoms. The van der Waals surface area contributed by atoms with Crippen LogP contribution >= 0.6 is 11.3 Å². The van der Waals surface area contributed by atoms with E-state index >= 15 is 0 Å². The number of likely N-dealkylation sites (tertiary alicyclic amines) is 1. The Hall–Kier alpha value is -4.53. The maximum atomic E-state index is 13.7. The lowest BCUT2D eigenvalue weighted by molar-refractivity contribution is -0.140. The number of nitrogens with zero attached hydrogens (tertiary/aromatic N) is 2. The van der Waals surface area contributed by atoms with Crippen molar-refractivity contribution in [2.24, 2.45) is 5.41 Å². The van der Waals surface area contributed by atoms with Crippen LogP contribution in [0.25, 0.3) is 11.3 Å². The second-order valence-electron chi connectivity index (χ2n) is 12.0. The van der Waals surface area contributed by atoms with Crippen molar-refractivity contribution in [2.45, 2.75) is 82.7 Å². The van der Waals surface area contributed by atoms with Gasteiger partial charge in [-0.1, -0.05) is 20.8 Å². The van der Waals surface area contributed by atoms with E-state index in [-0.39, 0.29) is 34.9 Å². The van der Waals surface area contributed by atoms with Crippen molar-refractivity contribution in [3.05, 3.63) is 36.7 Å². The number of hydrogen-bond donors (Lipinski definition) is 3. The van der Waals surface area contributed by atoms with Crippen molar-refractivity contribution < 1.29 is 32.3 Å². The molecule has 0 spiro atoms. The third-order valence-electron chi connectivity index (χ3n) is 7.51. The highest BCUT2D eigenvalue weighted by molar-refractivity contribution is 7.90. The molecule has 1 saturated heterocycles. The van der Waals surface area contributed by atoms with E-state index in [4.69, 9.17) is 14.5 Å². The summed E-state index contributed by atoms with van der Waals surface area (Å²) in [5, 5.41) is 8.73. The Labute approximate surface area is 295 Å². The highest BCUT2D eigenvalue weighted by atomic mass is 32.2.